The Labute approximate surface area is 171 Å². The number of piperazine rings is 1. The van der Waals surface area contributed by atoms with Crippen LogP contribution in [0.2, 0.25) is 0 Å². The number of nitrogens with one attached hydrogen (secondary N) is 1. The molecule has 0 saturated carbocycles. The van der Waals surface area contributed by atoms with Gasteiger partial charge in [-0.2, -0.15) is 0 Å². The zero-order chi connectivity index (χ0) is 20.3. The Kier molecular flexibility index (Phi) is 6.07. The number of anilines is 2. The molecule has 0 atom stereocenters. The van der Waals surface area contributed by atoms with Gasteiger partial charge in [0.25, 0.3) is 0 Å². The van der Waals surface area contributed by atoms with Crippen LogP contribution in [0.1, 0.15) is 0 Å². The molecule has 0 spiro atoms. The third-order valence-corrected chi connectivity index (χ3v) is 6.82. The standard InChI is InChI=1S/C19H24N4O3S2/c1-21(2)28(25,26)16-7-5-6-15(14-16)20-19(27)23-12-10-22(11-13-23)17-8-3-4-9-18(17)24/h3-9,14,24H,10-13H2,1-2H3,(H,20,27). The lowest BCUT2D eigenvalue weighted by molar-refractivity contribution is 0.387. The van der Waals surface area contributed by atoms with Crippen LogP contribution in [-0.4, -0.2) is 68.1 Å². The second-order valence-electron chi connectivity index (χ2n) is 6.71. The van der Waals surface area contributed by atoms with E-state index >= 15 is 0 Å². The molecule has 1 saturated heterocycles. The van der Waals surface area contributed by atoms with Crippen molar-refractivity contribution >= 4 is 38.7 Å². The normalized spacial score (nSPS) is 15.0. The maximum atomic E-state index is 12.3. The minimum Gasteiger partial charge on any atom is -0.506 e. The van der Waals surface area contributed by atoms with Gasteiger partial charge in [0.2, 0.25) is 10.0 Å². The molecule has 2 aromatic carbocycles. The van der Waals surface area contributed by atoms with Crippen molar-refractivity contribution in [1.29, 1.82) is 0 Å². The summed E-state index contributed by atoms with van der Waals surface area (Å²) in [5.74, 6) is 0.274. The molecular formula is C19H24N4O3S2. The van der Waals surface area contributed by atoms with E-state index in [1.54, 1.807) is 36.4 Å². The Morgan fingerprint density at radius 2 is 1.75 bits per heavy atom. The van der Waals surface area contributed by atoms with Gasteiger partial charge in [-0.05, 0) is 42.5 Å². The van der Waals surface area contributed by atoms with Gasteiger partial charge in [-0.3, -0.25) is 0 Å². The largest absolute Gasteiger partial charge is 0.506 e. The Bertz CT molecular complexity index is 955. The van der Waals surface area contributed by atoms with Gasteiger partial charge in [-0.1, -0.05) is 18.2 Å². The van der Waals surface area contributed by atoms with Gasteiger partial charge >= 0.3 is 0 Å². The molecule has 9 heteroatoms. The van der Waals surface area contributed by atoms with Crippen LogP contribution in [-0.2, 0) is 10.0 Å². The van der Waals surface area contributed by atoms with E-state index in [0.717, 1.165) is 18.8 Å². The Balaban J connectivity index is 1.63. The van der Waals surface area contributed by atoms with Gasteiger partial charge in [0.05, 0.1) is 10.6 Å². The maximum absolute atomic E-state index is 12.3. The number of thiocarbonyl (C=S) groups is 1. The molecule has 0 bridgehead atoms. The quantitative estimate of drug-likeness (QED) is 0.734. The van der Waals surface area contributed by atoms with Gasteiger partial charge in [0, 0.05) is 46.0 Å². The number of para-hydroxylation sites is 2. The van der Waals surface area contributed by atoms with Crippen molar-refractivity contribution in [3.8, 4) is 5.75 Å². The van der Waals surface area contributed by atoms with E-state index < -0.39 is 10.0 Å². The second kappa shape index (κ2) is 8.34. The summed E-state index contributed by atoms with van der Waals surface area (Å²) >= 11 is 5.51. The van der Waals surface area contributed by atoms with Gasteiger partial charge in [0.15, 0.2) is 5.11 Å². The Hall–Kier alpha value is -2.36. The zero-order valence-corrected chi connectivity index (χ0v) is 17.5. The molecule has 0 radical (unpaired) electrons. The molecule has 3 rings (SSSR count). The summed E-state index contributed by atoms with van der Waals surface area (Å²) in [5, 5.41) is 13.7. The van der Waals surface area contributed by atoms with Gasteiger partial charge in [-0.25, -0.2) is 12.7 Å². The van der Waals surface area contributed by atoms with E-state index in [4.69, 9.17) is 12.2 Å². The molecule has 1 fully saturated rings. The topological polar surface area (TPSA) is 76.1 Å². The highest BCUT2D eigenvalue weighted by Gasteiger charge is 2.21. The van der Waals surface area contributed by atoms with E-state index in [9.17, 15) is 13.5 Å². The molecule has 28 heavy (non-hydrogen) atoms. The average molecular weight is 421 g/mol. The van der Waals surface area contributed by atoms with E-state index in [1.807, 2.05) is 17.0 Å². The fraction of sp³-hybridized carbons (Fsp3) is 0.316. The first-order valence-corrected chi connectivity index (χ1v) is 10.8. The van der Waals surface area contributed by atoms with Crippen LogP contribution in [0.25, 0.3) is 0 Å². The summed E-state index contributed by atoms with van der Waals surface area (Å²) < 4.78 is 25.8. The van der Waals surface area contributed by atoms with Crippen molar-refractivity contribution in [1.82, 2.24) is 9.21 Å². The predicted molar refractivity (Wildman–Crippen MR) is 115 cm³/mol. The van der Waals surface area contributed by atoms with Crippen molar-refractivity contribution in [2.45, 2.75) is 4.90 Å². The minimum absolute atomic E-state index is 0.217. The molecule has 0 aliphatic carbocycles. The fourth-order valence-corrected chi connectivity index (χ4v) is 4.28. The third kappa shape index (κ3) is 4.37. The molecule has 1 heterocycles. The first-order chi connectivity index (χ1) is 13.3. The van der Waals surface area contributed by atoms with Crippen molar-refractivity contribution < 1.29 is 13.5 Å². The first-order valence-electron chi connectivity index (χ1n) is 8.90. The highest BCUT2D eigenvalue weighted by molar-refractivity contribution is 7.89. The van der Waals surface area contributed by atoms with Crippen molar-refractivity contribution in [3.05, 3.63) is 48.5 Å². The van der Waals surface area contributed by atoms with Crippen LogP contribution < -0.4 is 10.2 Å². The highest BCUT2D eigenvalue weighted by Crippen LogP contribution is 2.27. The SMILES string of the molecule is CN(C)S(=O)(=O)c1cccc(NC(=S)N2CCN(c3ccccc3O)CC2)c1. The summed E-state index contributed by atoms with van der Waals surface area (Å²) in [7, 11) is -0.488. The number of aromatic hydroxyl groups is 1. The van der Waals surface area contributed by atoms with E-state index in [2.05, 4.69) is 10.2 Å². The summed E-state index contributed by atoms with van der Waals surface area (Å²) in [6.07, 6.45) is 0. The molecule has 0 aromatic heterocycles. The number of nitrogens with zero attached hydrogens (tertiary/aromatic N) is 3. The first kappa shape index (κ1) is 20.4. The molecule has 1 aliphatic rings. The van der Waals surface area contributed by atoms with Crippen LogP contribution in [0.4, 0.5) is 11.4 Å². The number of sulfonamides is 1. The molecule has 2 aromatic rings. The number of rotatable bonds is 4. The summed E-state index contributed by atoms with van der Waals surface area (Å²) in [6.45, 7) is 2.87. The molecule has 0 amide bonds. The molecular weight excluding hydrogens is 396 g/mol. The van der Waals surface area contributed by atoms with E-state index in [1.165, 1.54) is 18.4 Å². The molecule has 0 unspecified atom stereocenters. The molecule has 7 nitrogen and oxygen atoms in total. The zero-order valence-electron chi connectivity index (χ0n) is 15.9. The number of benzene rings is 2. The van der Waals surface area contributed by atoms with Gasteiger partial charge < -0.3 is 20.2 Å². The molecule has 150 valence electrons. The number of phenols is 1. The maximum Gasteiger partial charge on any atom is 0.242 e. The monoisotopic (exact) mass is 420 g/mol. The molecule has 1 aliphatic heterocycles. The average Bonchev–Trinajstić information content (AvgIpc) is 2.68. The third-order valence-electron chi connectivity index (χ3n) is 4.65. The fourth-order valence-electron chi connectivity index (χ4n) is 3.03. The van der Waals surface area contributed by atoms with E-state index in [0.29, 0.717) is 23.9 Å². The lowest BCUT2D eigenvalue weighted by Crippen LogP contribution is -2.50. The van der Waals surface area contributed by atoms with Gasteiger partial charge in [0.1, 0.15) is 5.75 Å². The Morgan fingerprint density at radius 1 is 1.07 bits per heavy atom. The number of hydrogen-bond acceptors (Lipinski definition) is 5. The van der Waals surface area contributed by atoms with Crippen molar-refractivity contribution in [3.63, 3.8) is 0 Å². The summed E-state index contributed by atoms with van der Waals surface area (Å²) in [4.78, 5) is 4.38. The smallest absolute Gasteiger partial charge is 0.242 e. The predicted octanol–water partition coefficient (Wildman–Crippen LogP) is 2.16. The van der Waals surface area contributed by atoms with Crippen molar-refractivity contribution in [2.75, 3.05) is 50.5 Å². The van der Waals surface area contributed by atoms with Crippen LogP contribution in [0.15, 0.2) is 53.4 Å². The number of hydrogen-bond donors (Lipinski definition) is 2. The van der Waals surface area contributed by atoms with Crippen LogP contribution in [0.3, 0.4) is 0 Å². The van der Waals surface area contributed by atoms with Crippen LogP contribution in [0.5, 0.6) is 5.75 Å². The lowest BCUT2D eigenvalue weighted by atomic mass is 10.2. The van der Waals surface area contributed by atoms with Gasteiger partial charge in [-0.15, -0.1) is 0 Å². The van der Waals surface area contributed by atoms with Crippen LogP contribution in [0, 0.1) is 0 Å². The minimum atomic E-state index is -3.50. The summed E-state index contributed by atoms with van der Waals surface area (Å²) in [6, 6.07) is 13.9. The van der Waals surface area contributed by atoms with Crippen molar-refractivity contribution in [2.24, 2.45) is 0 Å². The number of phenolic OH excluding ortho intramolecular Hbond substituents is 1. The highest BCUT2D eigenvalue weighted by atomic mass is 32.2. The lowest BCUT2D eigenvalue weighted by Gasteiger charge is -2.37. The molecule has 2 N–H and O–H groups in total. The van der Waals surface area contributed by atoms with Crippen LogP contribution >= 0.6 is 12.2 Å². The summed E-state index contributed by atoms with van der Waals surface area (Å²) in [5.41, 5.74) is 1.46. The van der Waals surface area contributed by atoms with E-state index in [-0.39, 0.29) is 10.6 Å². The second-order valence-corrected chi connectivity index (χ2v) is 9.25. The Morgan fingerprint density at radius 3 is 2.39 bits per heavy atom.